The van der Waals surface area contributed by atoms with Gasteiger partial charge >= 0.3 is 0 Å². The lowest BCUT2D eigenvalue weighted by atomic mass is 9.74. The molecule has 0 radical (unpaired) electrons. The van der Waals surface area contributed by atoms with Crippen LogP contribution in [0.25, 0.3) is 0 Å². The number of fused-ring (bicyclic) bond motifs is 1. The summed E-state index contributed by atoms with van der Waals surface area (Å²) in [6.07, 6.45) is 5.15. The molecule has 1 aromatic rings. The Kier molecular flexibility index (Phi) is 3.17. The quantitative estimate of drug-likeness (QED) is 0.639. The molecular formula is C15H16N2O2. The maximum absolute atomic E-state index is 11.8. The van der Waals surface area contributed by atoms with E-state index in [4.69, 9.17) is 0 Å². The van der Waals surface area contributed by atoms with Crippen molar-refractivity contribution in [3.05, 3.63) is 48.0 Å². The predicted octanol–water partition coefficient (Wildman–Crippen LogP) is 1.79. The van der Waals surface area contributed by atoms with E-state index in [0.717, 1.165) is 18.6 Å². The summed E-state index contributed by atoms with van der Waals surface area (Å²) in [6.45, 7) is 0. The van der Waals surface area contributed by atoms with Crippen molar-refractivity contribution < 1.29 is 9.90 Å². The van der Waals surface area contributed by atoms with E-state index >= 15 is 0 Å². The molecule has 2 N–H and O–H groups in total. The Labute approximate surface area is 111 Å². The van der Waals surface area contributed by atoms with Gasteiger partial charge in [0.25, 0.3) is 5.91 Å². The van der Waals surface area contributed by atoms with E-state index in [2.05, 4.69) is 22.7 Å². The van der Waals surface area contributed by atoms with Crippen LogP contribution in [0.15, 0.2) is 47.6 Å². The molecule has 0 saturated heterocycles. The summed E-state index contributed by atoms with van der Waals surface area (Å²) in [5.74, 6) is 0.594. The van der Waals surface area contributed by atoms with Crippen LogP contribution in [0.4, 0.5) is 0 Å². The van der Waals surface area contributed by atoms with Crippen LogP contribution in [0, 0.1) is 11.8 Å². The van der Waals surface area contributed by atoms with Crippen molar-refractivity contribution in [2.75, 3.05) is 0 Å². The van der Waals surface area contributed by atoms with Gasteiger partial charge in [0.05, 0.1) is 0 Å². The van der Waals surface area contributed by atoms with Crippen LogP contribution in [-0.2, 0) is 4.79 Å². The molecule has 1 saturated carbocycles. The molecule has 2 aliphatic carbocycles. The minimum Gasteiger partial charge on any atom is -0.378 e. The van der Waals surface area contributed by atoms with Crippen molar-refractivity contribution in [3.63, 3.8) is 0 Å². The van der Waals surface area contributed by atoms with Crippen molar-refractivity contribution >= 4 is 11.6 Å². The first-order valence-corrected chi connectivity index (χ1v) is 6.51. The Hall–Kier alpha value is -1.94. The number of benzene rings is 1. The second-order valence-corrected chi connectivity index (χ2v) is 5.03. The Morgan fingerprint density at radius 3 is 2.89 bits per heavy atom. The summed E-state index contributed by atoms with van der Waals surface area (Å²) in [4.78, 5) is 11.8. The van der Waals surface area contributed by atoms with Crippen molar-refractivity contribution in [1.82, 2.24) is 5.43 Å². The van der Waals surface area contributed by atoms with Gasteiger partial charge in [-0.1, -0.05) is 42.5 Å². The van der Waals surface area contributed by atoms with Gasteiger partial charge in [-0.2, -0.15) is 5.10 Å². The fraction of sp³-hybridized carbons (Fsp3) is 0.333. The molecule has 0 heterocycles. The van der Waals surface area contributed by atoms with Crippen LogP contribution < -0.4 is 5.43 Å². The second kappa shape index (κ2) is 4.97. The van der Waals surface area contributed by atoms with Gasteiger partial charge in [0.15, 0.2) is 6.10 Å². The third kappa shape index (κ3) is 2.31. The Morgan fingerprint density at radius 2 is 2.16 bits per heavy atom. The summed E-state index contributed by atoms with van der Waals surface area (Å²) < 4.78 is 0. The molecule has 98 valence electrons. The summed E-state index contributed by atoms with van der Waals surface area (Å²) in [5, 5.41) is 14.0. The van der Waals surface area contributed by atoms with Gasteiger partial charge in [0.1, 0.15) is 0 Å². The topological polar surface area (TPSA) is 61.7 Å². The van der Waals surface area contributed by atoms with Gasteiger partial charge in [0, 0.05) is 11.6 Å². The number of hydrazone groups is 1. The van der Waals surface area contributed by atoms with Crippen molar-refractivity contribution in [3.8, 4) is 0 Å². The number of nitrogens with zero attached hydrogens (tertiary/aromatic N) is 1. The Morgan fingerprint density at radius 1 is 1.37 bits per heavy atom. The summed E-state index contributed by atoms with van der Waals surface area (Å²) in [5.41, 5.74) is 4.08. The lowest BCUT2D eigenvalue weighted by Crippen LogP contribution is -2.36. The molecule has 0 bridgehead atoms. The molecule has 1 fully saturated rings. The number of aliphatic hydroxyl groups excluding tert-OH is 1. The molecule has 4 heteroatoms. The van der Waals surface area contributed by atoms with Gasteiger partial charge in [0.2, 0.25) is 0 Å². The summed E-state index contributed by atoms with van der Waals surface area (Å²) >= 11 is 0. The molecular weight excluding hydrogens is 240 g/mol. The molecule has 4 nitrogen and oxygen atoms in total. The van der Waals surface area contributed by atoms with Crippen LogP contribution >= 0.6 is 0 Å². The molecule has 0 spiro atoms. The highest BCUT2D eigenvalue weighted by atomic mass is 16.3. The van der Waals surface area contributed by atoms with Crippen LogP contribution in [-0.4, -0.2) is 16.7 Å². The van der Waals surface area contributed by atoms with Crippen molar-refractivity contribution in [1.29, 1.82) is 0 Å². The third-order valence-corrected chi connectivity index (χ3v) is 3.84. The average molecular weight is 256 g/mol. The summed E-state index contributed by atoms with van der Waals surface area (Å²) in [6, 6.07) is 8.86. The maximum Gasteiger partial charge on any atom is 0.273 e. The number of nitrogens with one attached hydrogen (secondary N) is 1. The van der Waals surface area contributed by atoms with Crippen molar-refractivity contribution in [2.24, 2.45) is 16.9 Å². The minimum absolute atomic E-state index is 0.467. The highest BCUT2D eigenvalue weighted by Gasteiger charge is 2.38. The fourth-order valence-corrected chi connectivity index (χ4v) is 2.64. The smallest absolute Gasteiger partial charge is 0.273 e. The maximum atomic E-state index is 11.8. The van der Waals surface area contributed by atoms with Crippen LogP contribution in [0.1, 0.15) is 24.5 Å². The SMILES string of the molecule is O=C(N/N=C1/CC2C=CCC12)C(O)c1ccccc1. The minimum atomic E-state index is -1.16. The van der Waals surface area contributed by atoms with Crippen molar-refractivity contribution in [2.45, 2.75) is 18.9 Å². The number of allylic oxidation sites excluding steroid dienone is 2. The van der Waals surface area contributed by atoms with Gasteiger partial charge < -0.3 is 5.11 Å². The predicted molar refractivity (Wildman–Crippen MR) is 72.3 cm³/mol. The van der Waals surface area contributed by atoms with Crippen LogP contribution in [0.3, 0.4) is 0 Å². The van der Waals surface area contributed by atoms with E-state index in [0.29, 0.717) is 17.4 Å². The number of aliphatic hydroxyl groups is 1. The van der Waals surface area contributed by atoms with E-state index in [1.807, 2.05) is 6.07 Å². The highest BCUT2D eigenvalue weighted by molar-refractivity contribution is 5.95. The van der Waals surface area contributed by atoms with E-state index in [9.17, 15) is 9.90 Å². The number of carbonyl (C=O) groups excluding carboxylic acids is 1. The first-order chi connectivity index (χ1) is 9.25. The molecule has 0 aliphatic heterocycles. The van der Waals surface area contributed by atoms with Gasteiger partial charge in [-0.3, -0.25) is 4.79 Å². The lowest BCUT2D eigenvalue weighted by Gasteiger charge is -2.31. The number of hydrogen-bond donors (Lipinski definition) is 2. The van der Waals surface area contributed by atoms with Crippen LogP contribution in [0.2, 0.25) is 0 Å². The normalized spacial score (nSPS) is 27.7. The number of hydrogen-bond acceptors (Lipinski definition) is 3. The standard InChI is InChI=1S/C15H16N2O2/c18-14(10-5-2-1-3-6-10)15(19)17-16-13-9-11-7-4-8-12(11)13/h1-7,11-12,14,18H,8-9H2,(H,17,19)/b16-13-. The van der Waals surface area contributed by atoms with E-state index in [1.54, 1.807) is 24.3 Å². The molecule has 3 unspecified atom stereocenters. The zero-order valence-electron chi connectivity index (χ0n) is 10.5. The number of rotatable bonds is 3. The number of carbonyl (C=O) groups is 1. The lowest BCUT2D eigenvalue weighted by molar-refractivity contribution is -0.129. The highest BCUT2D eigenvalue weighted by Crippen LogP contribution is 2.40. The fourth-order valence-electron chi connectivity index (χ4n) is 2.64. The first kappa shape index (κ1) is 12.1. The van der Waals surface area contributed by atoms with Gasteiger partial charge in [-0.15, -0.1) is 0 Å². The molecule has 2 aliphatic rings. The van der Waals surface area contributed by atoms with E-state index in [1.165, 1.54) is 0 Å². The first-order valence-electron chi connectivity index (χ1n) is 6.51. The largest absolute Gasteiger partial charge is 0.378 e. The second-order valence-electron chi connectivity index (χ2n) is 5.03. The molecule has 0 aromatic heterocycles. The Bertz CT molecular complexity index is 536. The molecule has 1 aromatic carbocycles. The van der Waals surface area contributed by atoms with Crippen LogP contribution in [0.5, 0.6) is 0 Å². The molecule has 1 amide bonds. The monoisotopic (exact) mass is 256 g/mol. The molecule has 3 rings (SSSR count). The zero-order valence-corrected chi connectivity index (χ0v) is 10.5. The molecule has 19 heavy (non-hydrogen) atoms. The zero-order chi connectivity index (χ0) is 13.2. The summed E-state index contributed by atoms with van der Waals surface area (Å²) in [7, 11) is 0. The third-order valence-electron chi connectivity index (χ3n) is 3.84. The average Bonchev–Trinajstić information content (AvgIpc) is 2.80. The Balaban J connectivity index is 1.59. The molecule has 3 atom stereocenters. The van der Waals surface area contributed by atoms with Gasteiger partial charge in [-0.25, -0.2) is 5.43 Å². The number of amides is 1. The van der Waals surface area contributed by atoms with Gasteiger partial charge in [-0.05, 0) is 24.3 Å². The van der Waals surface area contributed by atoms with E-state index in [-0.39, 0.29) is 0 Å². The van der Waals surface area contributed by atoms with E-state index < -0.39 is 12.0 Å².